The molecule has 4 unspecified atom stereocenters. The molecule has 8 atom stereocenters. The number of carbonyl (C=O) groups excluding carboxylic acids is 2. The molecule has 0 aromatic heterocycles. The van der Waals surface area contributed by atoms with E-state index in [1.165, 1.54) is 6.92 Å². The van der Waals surface area contributed by atoms with Crippen LogP contribution in [0.4, 0.5) is 0 Å². The molecule has 33 heavy (non-hydrogen) atoms. The average molecular weight is 461 g/mol. The summed E-state index contributed by atoms with van der Waals surface area (Å²) >= 11 is 0. The fourth-order valence-electron chi connectivity index (χ4n) is 7.05. The van der Waals surface area contributed by atoms with Crippen molar-refractivity contribution in [3.05, 3.63) is 23.8 Å². The summed E-state index contributed by atoms with van der Waals surface area (Å²) in [5.74, 6) is 0.856. The number of aliphatic hydroxyl groups is 2. The number of allylic oxidation sites excluding steroid dienone is 3. The lowest BCUT2D eigenvalue weighted by atomic mass is 9.55. The summed E-state index contributed by atoms with van der Waals surface area (Å²) < 4.78 is 5.36. The van der Waals surface area contributed by atoms with E-state index in [2.05, 4.69) is 39.8 Å². The lowest BCUT2D eigenvalue weighted by Crippen LogP contribution is -2.52. The maximum atomic E-state index is 13.9. The molecule has 2 fully saturated rings. The Balaban J connectivity index is 1.94. The number of aliphatic hydroxyl groups excluding tert-OH is 2. The molecule has 0 amide bonds. The quantitative estimate of drug-likeness (QED) is 0.419. The van der Waals surface area contributed by atoms with Crippen molar-refractivity contribution in [2.45, 2.75) is 92.3 Å². The van der Waals surface area contributed by atoms with Crippen LogP contribution in [0.2, 0.25) is 0 Å². The van der Waals surface area contributed by atoms with Crippen molar-refractivity contribution in [3.63, 3.8) is 0 Å². The summed E-state index contributed by atoms with van der Waals surface area (Å²) in [6.45, 7) is 12.6. The monoisotopic (exact) mass is 460 g/mol. The third kappa shape index (κ3) is 5.14. The second kappa shape index (κ2) is 10.0. The van der Waals surface area contributed by atoms with Crippen molar-refractivity contribution in [3.8, 4) is 0 Å². The zero-order chi connectivity index (χ0) is 24.6. The maximum absolute atomic E-state index is 13.9. The third-order valence-electron chi connectivity index (χ3n) is 9.05. The Hall–Kier alpha value is -1.46. The number of rotatable bonds is 7. The minimum absolute atomic E-state index is 0.0275. The molecule has 2 N–H and O–H groups in total. The van der Waals surface area contributed by atoms with Crippen LogP contribution in [0.15, 0.2) is 23.8 Å². The maximum Gasteiger partial charge on any atom is 0.302 e. The summed E-state index contributed by atoms with van der Waals surface area (Å²) in [6.07, 6.45) is 9.48. The van der Waals surface area contributed by atoms with E-state index in [0.29, 0.717) is 50.0 Å². The van der Waals surface area contributed by atoms with Crippen molar-refractivity contribution in [1.29, 1.82) is 0 Å². The summed E-state index contributed by atoms with van der Waals surface area (Å²) in [5, 5.41) is 21.2. The Morgan fingerprint density at radius 2 is 1.88 bits per heavy atom. The molecular formula is C28H44O5. The fraction of sp³-hybridized carbons (Fsp3) is 0.786. The number of ketones is 1. The molecule has 0 aromatic rings. The first kappa shape index (κ1) is 26.2. The molecule has 0 saturated heterocycles. The van der Waals surface area contributed by atoms with Gasteiger partial charge in [-0.05, 0) is 79.3 Å². The molecule has 2 saturated carbocycles. The normalized spacial score (nSPS) is 40.1. The van der Waals surface area contributed by atoms with Crippen LogP contribution in [0.5, 0.6) is 0 Å². The van der Waals surface area contributed by atoms with Gasteiger partial charge in [0, 0.05) is 18.3 Å². The minimum atomic E-state index is -0.715. The van der Waals surface area contributed by atoms with E-state index in [9.17, 15) is 19.8 Å². The van der Waals surface area contributed by atoms with Gasteiger partial charge in [0.05, 0.1) is 18.8 Å². The van der Waals surface area contributed by atoms with E-state index in [1.807, 2.05) is 6.92 Å². The topological polar surface area (TPSA) is 83.8 Å². The molecule has 5 heteroatoms. The van der Waals surface area contributed by atoms with Crippen molar-refractivity contribution in [1.82, 2.24) is 0 Å². The predicted octanol–water partition coefficient (Wildman–Crippen LogP) is 4.86. The van der Waals surface area contributed by atoms with Crippen LogP contribution in [0.3, 0.4) is 0 Å². The van der Waals surface area contributed by atoms with Gasteiger partial charge in [-0.25, -0.2) is 0 Å². The molecular weight excluding hydrogens is 416 g/mol. The average Bonchev–Trinajstić information content (AvgIpc) is 3.07. The van der Waals surface area contributed by atoms with Crippen LogP contribution in [-0.4, -0.2) is 40.8 Å². The van der Waals surface area contributed by atoms with Gasteiger partial charge in [0.1, 0.15) is 0 Å². The Bertz CT molecular complexity index is 798. The van der Waals surface area contributed by atoms with Gasteiger partial charge in [0.2, 0.25) is 0 Å². The van der Waals surface area contributed by atoms with Gasteiger partial charge in [0.25, 0.3) is 0 Å². The predicted molar refractivity (Wildman–Crippen MR) is 129 cm³/mol. The van der Waals surface area contributed by atoms with E-state index in [0.717, 1.165) is 18.4 Å². The van der Waals surface area contributed by atoms with Gasteiger partial charge in [-0.1, -0.05) is 46.8 Å². The van der Waals surface area contributed by atoms with Crippen LogP contribution >= 0.6 is 0 Å². The molecule has 0 bridgehead atoms. The fourth-order valence-corrected chi connectivity index (χ4v) is 7.05. The molecule has 0 spiro atoms. The molecule has 186 valence electrons. The Labute approximate surface area is 199 Å². The largest absolute Gasteiger partial charge is 0.466 e. The highest BCUT2D eigenvalue weighted by Crippen LogP contribution is 2.59. The van der Waals surface area contributed by atoms with Crippen LogP contribution in [0.1, 0.15) is 80.1 Å². The van der Waals surface area contributed by atoms with Crippen LogP contribution in [0.25, 0.3) is 0 Å². The SMILES string of the molecule is CC(=O)OCC[C@@]1(C)C(C2=CC(O)C3CC(O)CC[C@]3(C)C2=O)CC[C@@H]1[C@H](C)C=CC(C)C. The Morgan fingerprint density at radius 1 is 1.18 bits per heavy atom. The second-order valence-corrected chi connectivity index (χ2v) is 11.7. The molecule has 0 aliphatic heterocycles. The Morgan fingerprint density at radius 3 is 2.52 bits per heavy atom. The van der Waals surface area contributed by atoms with E-state index in [4.69, 9.17) is 4.74 Å². The van der Waals surface area contributed by atoms with E-state index in [1.54, 1.807) is 6.08 Å². The van der Waals surface area contributed by atoms with E-state index >= 15 is 0 Å². The zero-order valence-electron chi connectivity index (χ0n) is 21.3. The first-order valence-corrected chi connectivity index (χ1v) is 12.8. The number of hydrogen-bond acceptors (Lipinski definition) is 5. The molecule has 5 nitrogen and oxygen atoms in total. The summed E-state index contributed by atoms with van der Waals surface area (Å²) in [6, 6.07) is 0. The number of hydrogen-bond donors (Lipinski definition) is 2. The van der Waals surface area contributed by atoms with Gasteiger partial charge in [-0.3, -0.25) is 9.59 Å². The van der Waals surface area contributed by atoms with Crippen molar-refractivity contribution in [2.75, 3.05) is 6.61 Å². The molecule has 3 aliphatic rings. The lowest BCUT2D eigenvalue weighted by molar-refractivity contribution is -0.143. The zero-order valence-corrected chi connectivity index (χ0v) is 21.3. The van der Waals surface area contributed by atoms with Gasteiger partial charge >= 0.3 is 5.97 Å². The molecule has 3 rings (SSSR count). The van der Waals surface area contributed by atoms with Crippen LogP contribution in [-0.2, 0) is 14.3 Å². The molecule has 0 heterocycles. The van der Waals surface area contributed by atoms with Gasteiger partial charge in [-0.15, -0.1) is 0 Å². The summed E-state index contributed by atoms with van der Waals surface area (Å²) in [7, 11) is 0. The highest BCUT2D eigenvalue weighted by atomic mass is 16.5. The first-order chi connectivity index (χ1) is 15.4. The van der Waals surface area contributed by atoms with Gasteiger partial charge in [-0.2, -0.15) is 0 Å². The van der Waals surface area contributed by atoms with Gasteiger partial charge in [0.15, 0.2) is 5.78 Å². The molecule has 3 aliphatic carbocycles. The number of ether oxygens (including phenoxy) is 1. The molecule has 0 radical (unpaired) electrons. The number of carbonyl (C=O) groups is 2. The van der Waals surface area contributed by atoms with E-state index < -0.39 is 17.6 Å². The number of esters is 1. The highest BCUT2D eigenvalue weighted by molar-refractivity contribution is 6.01. The van der Waals surface area contributed by atoms with Crippen molar-refractivity contribution < 1.29 is 24.5 Å². The first-order valence-electron chi connectivity index (χ1n) is 12.8. The van der Waals surface area contributed by atoms with Crippen LogP contribution < -0.4 is 0 Å². The standard InChI is InChI=1S/C28H44O5/c1-17(2)7-8-18(3)22-9-10-23(27(22,5)13-14-33-19(4)29)21-16-25(31)24-15-20(30)11-12-28(24,6)26(21)32/h7-8,16-18,20,22-25,30-31H,9-15H2,1-6H3/t18-,20?,22-,23?,24?,25?,27-,28+/m1/s1. The van der Waals surface area contributed by atoms with Crippen LogP contribution in [0, 0.1) is 40.4 Å². The smallest absolute Gasteiger partial charge is 0.302 e. The van der Waals surface area contributed by atoms with Crippen molar-refractivity contribution >= 4 is 11.8 Å². The van der Waals surface area contributed by atoms with Crippen molar-refractivity contribution in [2.24, 2.45) is 40.4 Å². The highest BCUT2D eigenvalue weighted by Gasteiger charge is 2.56. The van der Waals surface area contributed by atoms with Gasteiger partial charge < -0.3 is 14.9 Å². The minimum Gasteiger partial charge on any atom is -0.466 e. The van der Waals surface area contributed by atoms with E-state index in [-0.39, 0.29) is 29.0 Å². The summed E-state index contributed by atoms with van der Waals surface area (Å²) in [4.78, 5) is 25.4. The summed E-state index contributed by atoms with van der Waals surface area (Å²) in [5.41, 5.74) is -0.0688. The Kier molecular flexibility index (Phi) is 7.95. The second-order valence-electron chi connectivity index (χ2n) is 11.7. The lowest BCUT2D eigenvalue weighted by Gasteiger charge is -2.49. The number of Topliss-reactive ketones (excluding diaryl/α,β-unsaturated/α-hetero) is 1. The molecule has 0 aromatic carbocycles. The third-order valence-corrected chi connectivity index (χ3v) is 9.05. The number of fused-ring (bicyclic) bond motifs is 1.